The van der Waals surface area contributed by atoms with E-state index in [0.29, 0.717) is 0 Å². The topological polar surface area (TPSA) is 43.8 Å². The molecule has 3 heteroatoms. The van der Waals surface area contributed by atoms with Crippen LogP contribution in [0.4, 0.5) is 5.69 Å². The predicted octanol–water partition coefficient (Wildman–Crippen LogP) is 2.07. The standard InChI is InChI=1S/C11H13N3/c1-8-7-9(2)14(13-8)11-5-3-10(12)4-6-11/h3-7H,12H2,1-2H3. The average Bonchev–Trinajstić information content (AvgIpc) is 2.47. The molecule has 0 aliphatic heterocycles. The summed E-state index contributed by atoms with van der Waals surface area (Å²) in [5.41, 5.74) is 9.60. The Morgan fingerprint density at radius 3 is 2.29 bits per heavy atom. The Balaban J connectivity index is 2.49. The molecule has 0 unspecified atom stereocenters. The maximum Gasteiger partial charge on any atom is 0.0650 e. The van der Waals surface area contributed by atoms with E-state index in [1.165, 1.54) is 0 Å². The number of nitrogen functional groups attached to an aromatic ring is 1. The minimum atomic E-state index is 0.773. The summed E-state index contributed by atoms with van der Waals surface area (Å²) in [7, 11) is 0. The van der Waals surface area contributed by atoms with Crippen molar-refractivity contribution in [3.8, 4) is 5.69 Å². The van der Waals surface area contributed by atoms with Crippen molar-refractivity contribution >= 4 is 5.69 Å². The van der Waals surface area contributed by atoms with Gasteiger partial charge in [0.1, 0.15) is 0 Å². The van der Waals surface area contributed by atoms with Crippen LogP contribution in [0.25, 0.3) is 5.69 Å². The maximum absolute atomic E-state index is 5.62. The van der Waals surface area contributed by atoms with E-state index in [1.54, 1.807) is 0 Å². The molecule has 0 amide bonds. The van der Waals surface area contributed by atoms with Crippen LogP contribution in [0.2, 0.25) is 0 Å². The highest BCUT2D eigenvalue weighted by Crippen LogP contribution is 2.13. The number of anilines is 1. The lowest BCUT2D eigenvalue weighted by Gasteiger charge is -2.03. The maximum atomic E-state index is 5.62. The Morgan fingerprint density at radius 2 is 1.79 bits per heavy atom. The Labute approximate surface area is 83.2 Å². The molecule has 2 rings (SSSR count). The van der Waals surface area contributed by atoms with Gasteiger partial charge >= 0.3 is 0 Å². The van der Waals surface area contributed by atoms with Crippen LogP contribution in [0.5, 0.6) is 0 Å². The molecular formula is C11H13N3. The molecule has 1 aromatic carbocycles. The minimum absolute atomic E-state index is 0.773. The summed E-state index contributed by atoms with van der Waals surface area (Å²) in [6, 6.07) is 9.75. The molecule has 14 heavy (non-hydrogen) atoms. The van der Waals surface area contributed by atoms with Crippen LogP contribution in [-0.2, 0) is 0 Å². The van der Waals surface area contributed by atoms with Crippen molar-refractivity contribution in [2.24, 2.45) is 0 Å². The molecule has 2 N–H and O–H groups in total. The van der Waals surface area contributed by atoms with Crippen molar-refractivity contribution in [1.82, 2.24) is 9.78 Å². The zero-order valence-corrected chi connectivity index (χ0v) is 8.36. The van der Waals surface area contributed by atoms with Crippen LogP contribution < -0.4 is 5.73 Å². The van der Waals surface area contributed by atoms with Gasteiger partial charge in [-0.2, -0.15) is 5.10 Å². The lowest BCUT2D eigenvalue weighted by Crippen LogP contribution is -1.98. The lowest BCUT2D eigenvalue weighted by atomic mass is 10.3. The van der Waals surface area contributed by atoms with Gasteiger partial charge in [-0.15, -0.1) is 0 Å². The van der Waals surface area contributed by atoms with Gasteiger partial charge in [0, 0.05) is 11.4 Å². The lowest BCUT2D eigenvalue weighted by molar-refractivity contribution is 0.834. The van der Waals surface area contributed by atoms with Gasteiger partial charge in [-0.25, -0.2) is 4.68 Å². The monoisotopic (exact) mass is 187 g/mol. The Morgan fingerprint density at radius 1 is 1.14 bits per heavy atom. The first-order chi connectivity index (χ1) is 6.66. The summed E-state index contributed by atoms with van der Waals surface area (Å²) in [4.78, 5) is 0. The third-order valence-electron chi connectivity index (χ3n) is 2.15. The van der Waals surface area contributed by atoms with Gasteiger partial charge in [0.05, 0.1) is 11.4 Å². The van der Waals surface area contributed by atoms with Crippen LogP contribution in [0.1, 0.15) is 11.4 Å². The largest absolute Gasteiger partial charge is 0.399 e. The third kappa shape index (κ3) is 1.48. The number of nitrogens with zero attached hydrogens (tertiary/aromatic N) is 2. The van der Waals surface area contributed by atoms with Crippen molar-refractivity contribution in [3.05, 3.63) is 41.7 Å². The summed E-state index contributed by atoms with van der Waals surface area (Å²) in [6.45, 7) is 4.02. The zero-order chi connectivity index (χ0) is 10.1. The first kappa shape index (κ1) is 8.81. The first-order valence-electron chi connectivity index (χ1n) is 4.56. The van der Waals surface area contributed by atoms with Gasteiger partial charge in [0.25, 0.3) is 0 Å². The third-order valence-corrected chi connectivity index (χ3v) is 2.15. The van der Waals surface area contributed by atoms with Crippen molar-refractivity contribution in [2.75, 3.05) is 5.73 Å². The zero-order valence-electron chi connectivity index (χ0n) is 8.36. The van der Waals surface area contributed by atoms with Crippen LogP contribution in [0, 0.1) is 13.8 Å². The average molecular weight is 187 g/mol. The molecule has 0 atom stereocenters. The fraction of sp³-hybridized carbons (Fsp3) is 0.182. The molecule has 0 aliphatic rings. The number of nitrogens with two attached hydrogens (primary N) is 1. The van der Waals surface area contributed by atoms with Gasteiger partial charge in [0.2, 0.25) is 0 Å². The van der Waals surface area contributed by atoms with E-state index in [4.69, 9.17) is 5.73 Å². The van der Waals surface area contributed by atoms with E-state index < -0.39 is 0 Å². The molecule has 0 radical (unpaired) electrons. The second-order valence-electron chi connectivity index (χ2n) is 3.43. The number of rotatable bonds is 1. The van der Waals surface area contributed by atoms with Gasteiger partial charge in [-0.1, -0.05) is 0 Å². The summed E-state index contributed by atoms with van der Waals surface area (Å²) < 4.78 is 1.91. The van der Waals surface area contributed by atoms with Crippen molar-refractivity contribution < 1.29 is 0 Å². The van der Waals surface area contributed by atoms with Crippen LogP contribution in [-0.4, -0.2) is 9.78 Å². The number of hydrogen-bond donors (Lipinski definition) is 1. The van der Waals surface area contributed by atoms with E-state index in [-0.39, 0.29) is 0 Å². The van der Waals surface area contributed by atoms with E-state index >= 15 is 0 Å². The van der Waals surface area contributed by atoms with Crippen molar-refractivity contribution in [1.29, 1.82) is 0 Å². The molecule has 1 heterocycles. The molecule has 0 aliphatic carbocycles. The van der Waals surface area contributed by atoms with Crippen molar-refractivity contribution in [2.45, 2.75) is 13.8 Å². The highest BCUT2D eigenvalue weighted by Gasteiger charge is 2.02. The summed E-state index contributed by atoms with van der Waals surface area (Å²) in [6.07, 6.45) is 0. The number of aromatic nitrogens is 2. The molecule has 2 aromatic rings. The quantitative estimate of drug-likeness (QED) is 0.694. The second kappa shape index (κ2) is 3.18. The predicted molar refractivity (Wildman–Crippen MR) is 57.5 cm³/mol. The number of benzene rings is 1. The molecule has 0 bridgehead atoms. The highest BCUT2D eigenvalue weighted by atomic mass is 15.3. The van der Waals surface area contributed by atoms with Gasteiger partial charge < -0.3 is 5.73 Å². The van der Waals surface area contributed by atoms with E-state index in [1.807, 2.05) is 42.8 Å². The number of aryl methyl sites for hydroxylation is 2. The van der Waals surface area contributed by atoms with Gasteiger partial charge in [-0.3, -0.25) is 0 Å². The molecule has 1 aromatic heterocycles. The fourth-order valence-corrected chi connectivity index (χ4v) is 1.51. The molecule has 0 saturated carbocycles. The van der Waals surface area contributed by atoms with Crippen molar-refractivity contribution in [3.63, 3.8) is 0 Å². The fourth-order valence-electron chi connectivity index (χ4n) is 1.51. The molecule has 0 fully saturated rings. The Bertz CT molecular complexity index is 440. The van der Waals surface area contributed by atoms with Crippen LogP contribution in [0.15, 0.2) is 30.3 Å². The molecule has 0 spiro atoms. The van der Waals surface area contributed by atoms with E-state index in [0.717, 1.165) is 22.8 Å². The summed E-state index contributed by atoms with van der Waals surface area (Å²) in [5.74, 6) is 0. The summed E-state index contributed by atoms with van der Waals surface area (Å²) in [5, 5.41) is 4.39. The number of hydrogen-bond acceptors (Lipinski definition) is 2. The summed E-state index contributed by atoms with van der Waals surface area (Å²) >= 11 is 0. The highest BCUT2D eigenvalue weighted by molar-refractivity contribution is 5.45. The molecule has 3 nitrogen and oxygen atoms in total. The van der Waals surface area contributed by atoms with Gasteiger partial charge in [-0.05, 0) is 44.2 Å². The first-order valence-corrected chi connectivity index (χ1v) is 4.56. The molecule has 72 valence electrons. The minimum Gasteiger partial charge on any atom is -0.399 e. The normalized spacial score (nSPS) is 10.4. The van der Waals surface area contributed by atoms with Crippen LogP contribution >= 0.6 is 0 Å². The Kier molecular flexibility index (Phi) is 2.00. The second-order valence-corrected chi connectivity index (χ2v) is 3.43. The smallest absolute Gasteiger partial charge is 0.0650 e. The van der Waals surface area contributed by atoms with Crippen LogP contribution in [0.3, 0.4) is 0 Å². The van der Waals surface area contributed by atoms with E-state index in [9.17, 15) is 0 Å². The Hall–Kier alpha value is -1.77. The molecule has 0 saturated heterocycles. The van der Waals surface area contributed by atoms with E-state index in [2.05, 4.69) is 11.2 Å². The van der Waals surface area contributed by atoms with Gasteiger partial charge in [0.15, 0.2) is 0 Å². The SMILES string of the molecule is Cc1cc(C)n(-c2ccc(N)cc2)n1. The molecular weight excluding hydrogens is 174 g/mol.